The first-order chi connectivity index (χ1) is 14.7. The highest BCUT2D eigenvalue weighted by Gasteiger charge is 2.20. The Morgan fingerprint density at radius 2 is 2.03 bits per heavy atom. The number of rotatable bonds is 6. The molecule has 0 bridgehead atoms. The lowest BCUT2D eigenvalue weighted by Gasteiger charge is -2.25. The molecule has 2 aromatic carbocycles. The maximum atomic E-state index is 9.43. The van der Waals surface area contributed by atoms with Crippen LogP contribution >= 0.6 is 11.3 Å². The van der Waals surface area contributed by atoms with Crippen molar-refractivity contribution in [3.63, 3.8) is 0 Å². The minimum Gasteiger partial charge on any atom is -0.396 e. The second-order valence-corrected chi connectivity index (χ2v) is 8.26. The molecule has 0 spiro atoms. The van der Waals surface area contributed by atoms with Gasteiger partial charge in [0.1, 0.15) is 5.82 Å². The third-order valence-corrected chi connectivity index (χ3v) is 6.38. The molecule has 7 heteroatoms. The third kappa shape index (κ3) is 3.42. The predicted octanol–water partition coefficient (Wildman–Crippen LogP) is 4.39. The van der Waals surface area contributed by atoms with Crippen molar-refractivity contribution in [2.24, 2.45) is 4.99 Å². The molecule has 0 fully saturated rings. The van der Waals surface area contributed by atoms with Gasteiger partial charge in [0.15, 0.2) is 0 Å². The highest BCUT2D eigenvalue weighted by atomic mass is 32.1. The lowest BCUT2D eigenvalue weighted by atomic mass is 9.99. The summed E-state index contributed by atoms with van der Waals surface area (Å²) in [5.41, 5.74) is 10.4. The summed E-state index contributed by atoms with van der Waals surface area (Å²) in [6.45, 7) is 1.41. The summed E-state index contributed by atoms with van der Waals surface area (Å²) in [7, 11) is 0. The second-order valence-electron chi connectivity index (χ2n) is 7.18. The molecule has 6 nitrogen and oxygen atoms in total. The fourth-order valence-corrected chi connectivity index (χ4v) is 4.92. The molecule has 3 heterocycles. The topological polar surface area (TPSA) is 87.6 Å². The van der Waals surface area contributed by atoms with E-state index in [1.807, 2.05) is 12.3 Å². The second kappa shape index (κ2) is 7.85. The Morgan fingerprint density at radius 1 is 1.13 bits per heavy atom. The highest BCUT2D eigenvalue weighted by Crippen LogP contribution is 2.40. The summed E-state index contributed by atoms with van der Waals surface area (Å²) in [6, 6.07) is 16.9. The van der Waals surface area contributed by atoms with Gasteiger partial charge in [-0.25, -0.2) is 4.98 Å². The maximum absolute atomic E-state index is 9.43. The zero-order valence-electron chi connectivity index (χ0n) is 16.3. The molecule has 0 unspecified atom stereocenters. The first-order valence-electron chi connectivity index (χ1n) is 9.85. The molecule has 0 aliphatic carbocycles. The van der Waals surface area contributed by atoms with Crippen LogP contribution < -0.4 is 10.6 Å². The Labute approximate surface area is 178 Å². The minimum absolute atomic E-state index is 0.104. The van der Waals surface area contributed by atoms with Crippen molar-refractivity contribution in [2.75, 3.05) is 23.8 Å². The van der Waals surface area contributed by atoms with Crippen molar-refractivity contribution in [2.45, 2.75) is 13.0 Å². The number of aliphatic hydroxyl groups is 1. The van der Waals surface area contributed by atoms with E-state index < -0.39 is 0 Å². The van der Waals surface area contributed by atoms with E-state index in [1.54, 1.807) is 17.5 Å². The fraction of sp³-hybridized carbons (Fsp3) is 0.174. The van der Waals surface area contributed by atoms with Crippen LogP contribution in [0, 0.1) is 0 Å². The molecule has 2 aromatic heterocycles. The van der Waals surface area contributed by atoms with Crippen LogP contribution in [0.3, 0.4) is 0 Å². The van der Waals surface area contributed by atoms with Gasteiger partial charge in [-0.05, 0) is 53.3 Å². The summed E-state index contributed by atoms with van der Waals surface area (Å²) in [4.78, 5) is 16.3. The summed E-state index contributed by atoms with van der Waals surface area (Å²) < 4.78 is 1.27. The summed E-state index contributed by atoms with van der Waals surface area (Å²) >= 11 is 1.79. The fourth-order valence-electron chi connectivity index (χ4n) is 3.81. The molecular weight excluding hydrogens is 394 g/mol. The number of benzene rings is 2. The largest absolute Gasteiger partial charge is 0.396 e. The van der Waals surface area contributed by atoms with E-state index in [-0.39, 0.29) is 12.6 Å². The average molecular weight is 416 g/mol. The smallest absolute Gasteiger partial charge is 0.221 e. The third-order valence-electron chi connectivity index (χ3n) is 5.23. The number of thiophene rings is 1. The molecule has 0 atom stereocenters. The minimum atomic E-state index is 0.104. The monoisotopic (exact) mass is 415 g/mol. The Kier molecular flexibility index (Phi) is 4.90. The van der Waals surface area contributed by atoms with Gasteiger partial charge >= 0.3 is 0 Å². The van der Waals surface area contributed by atoms with Crippen LogP contribution in [0.4, 0.5) is 17.5 Å². The van der Waals surface area contributed by atoms with Crippen LogP contribution in [0.15, 0.2) is 59.7 Å². The molecule has 0 saturated carbocycles. The number of aliphatic hydroxyl groups excluding tert-OH is 1. The van der Waals surface area contributed by atoms with Crippen molar-refractivity contribution in [1.29, 1.82) is 0 Å². The Hall–Kier alpha value is -3.29. The molecule has 0 radical (unpaired) electrons. The van der Waals surface area contributed by atoms with Gasteiger partial charge in [0.25, 0.3) is 0 Å². The number of aromatic nitrogens is 2. The molecular formula is C23H21N5OS. The van der Waals surface area contributed by atoms with E-state index in [9.17, 15) is 5.11 Å². The van der Waals surface area contributed by atoms with E-state index in [0.29, 0.717) is 25.3 Å². The lowest BCUT2D eigenvalue weighted by Crippen LogP contribution is -2.21. The Balaban J connectivity index is 1.66. The molecule has 1 aliphatic rings. The van der Waals surface area contributed by atoms with E-state index in [1.165, 1.54) is 26.1 Å². The van der Waals surface area contributed by atoms with Crippen LogP contribution in [0.25, 0.3) is 20.5 Å². The first-order valence-corrected chi connectivity index (χ1v) is 10.7. The molecule has 0 saturated heterocycles. The van der Waals surface area contributed by atoms with Gasteiger partial charge in [-0.3, -0.25) is 4.99 Å². The number of nitrogen functional groups attached to an aromatic ring is 1. The molecule has 1 aliphatic heterocycles. The van der Waals surface area contributed by atoms with Gasteiger partial charge in [-0.15, -0.1) is 11.3 Å². The number of aliphatic imine (C=N–C) groups is 1. The normalized spacial score (nSPS) is 12.4. The maximum Gasteiger partial charge on any atom is 0.221 e. The van der Waals surface area contributed by atoms with Crippen molar-refractivity contribution in [3.05, 3.63) is 65.9 Å². The quantitative estimate of drug-likeness (QED) is 0.488. The van der Waals surface area contributed by atoms with Crippen LogP contribution in [0.5, 0.6) is 0 Å². The average Bonchev–Trinajstić information content (AvgIpc) is 3.40. The molecule has 4 aromatic rings. The van der Waals surface area contributed by atoms with Crippen molar-refractivity contribution < 1.29 is 5.11 Å². The van der Waals surface area contributed by atoms with Gasteiger partial charge in [-0.1, -0.05) is 18.2 Å². The highest BCUT2D eigenvalue weighted by molar-refractivity contribution is 7.22. The molecule has 30 heavy (non-hydrogen) atoms. The zero-order valence-corrected chi connectivity index (χ0v) is 17.1. The van der Waals surface area contributed by atoms with Crippen molar-refractivity contribution >= 4 is 45.1 Å². The van der Waals surface area contributed by atoms with E-state index in [0.717, 1.165) is 11.3 Å². The number of hydrogen-bond donors (Lipinski definition) is 2. The summed E-state index contributed by atoms with van der Waals surface area (Å²) in [5, 5.41) is 10.7. The molecule has 150 valence electrons. The van der Waals surface area contributed by atoms with Gasteiger partial charge < -0.3 is 15.7 Å². The van der Waals surface area contributed by atoms with Crippen molar-refractivity contribution in [1.82, 2.24) is 9.97 Å². The van der Waals surface area contributed by atoms with Gasteiger partial charge in [0.05, 0.1) is 6.54 Å². The SMILES string of the molecule is Nc1nccc(N(CCCO)c2cc3c(c(-c4cc5ccccc5s4)c2)CN=C3)n1. The summed E-state index contributed by atoms with van der Waals surface area (Å²) in [6.07, 6.45) is 4.22. The van der Waals surface area contributed by atoms with Crippen LogP contribution in [0.1, 0.15) is 17.5 Å². The number of anilines is 3. The van der Waals surface area contributed by atoms with Gasteiger partial charge in [-0.2, -0.15) is 4.98 Å². The molecule has 0 amide bonds. The van der Waals surface area contributed by atoms with E-state index in [4.69, 9.17) is 5.73 Å². The van der Waals surface area contributed by atoms with Crippen molar-refractivity contribution in [3.8, 4) is 10.4 Å². The standard InChI is InChI=1S/C23H21N5OS/c24-23-26-7-6-22(27-23)28(8-3-9-29)17-10-16-13-25-14-19(16)18(12-17)21-11-15-4-1-2-5-20(15)30-21/h1-2,4-7,10-13,29H,3,8-9,14H2,(H2,24,26,27). The molecule has 5 rings (SSSR count). The number of fused-ring (bicyclic) bond motifs is 2. The number of hydrogen-bond acceptors (Lipinski definition) is 7. The van der Waals surface area contributed by atoms with Crippen LogP contribution in [-0.4, -0.2) is 34.4 Å². The predicted molar refractivity (Wildman–Crippen MR) is 124 cm³/mol. The van der Waals surface area contributed by atoms with Gasteiger partial charge in [0.2, 0.25) is 5.95 Å². The lowest BCUT2D eigenvalue weighted by molar-refractivity contribution is 0.291. The van der Waals surface area contributed by atoms with Crippen LogP contribution in [-0.2, 0) is 6.54 Å². The number of nitrogens with zero attached hydrogens (tertiary/aromatic N) is 4. The van der Waals surface area contributed by atoms with Crippen LogP contribution in [0.2, 0.25) is 0 Å². The van der Waals surface area contributed by atoms with Gasteiger partial charge in [0, 0.05) is 46.4 Å². The van der Waals surface area contributed by atoms with E-state index >= 15 is 0 Å². The number of nitrogens with two attached hydrogens (primary N) is 1. The molecule has 3 N–H and O–H groups in total. The Bertz CT molecular complexity index is 1220. The Morgan fingerprint density at radius 3 is 2.87 bits per heavy atom. The first kappa shape index (κ1) is 18.7. The zero-order chi connectivity index (χ0) is 20.5. The summed E-state index contributed by atoms with van der Waals surface area (Å²) in [5.74, 6) is 0.946. The van der Waals surface area contributed by atoms with E-state index in [2.05, 4.69) is 62.3 Å².